The number of ether oxygens (including phenoxy) is 3. The monoisotopic (exact) mass is 652 g/mol. The highest BCUT2D eigenvalue weighted by Gasteiger charge is 2.45. The summed E-state index contributed by atoms with van der Waals surface area (Å²) in [5, 5.41) is 10.8. The smallest absolute Gasteiger partial charge is 0.410 e. The van der Waals surface area contributed by atoms with Crippen LogP contribution in [0.1, 0.15) is 133 Å². The number of carbonyl (C=O) groups is 3. The van der Waals surface area contributed by atoms with E-state index in [0.29, 0.717) is 13.1 Å². The van der Waals surface area contributed by atoms with Crippen LogP contribution in [0.25, 0.3) is 0 Å². The third kappa shape index (κ3) is 15.6. The molecule has 43 heavy (non-hydrogen) atoms. The Morgan fingerprint density at radius 3 is 1.58 bits per heavy atom. The van der Waals surface area contributed by atoms with Gasteiger partial charge in [0.05, 0.1) is 17.7 Å². The van der Waals surface area contributed by atoms with Crippen LogP contribution in [0.15, 0.2) is 0 Å². The number of nitrogens with zero attached hydrogens (tertiary/aromatic N) is 2. The highest BCUT2D eigenvalue weighted by Crippen LogP contribution is 2.39. The maximum absolute atomic E-state index is 12.3. The summed E-state index contributed by atoms with van der Waals surface area (Å²) in [6.07, 6.45) is 11.4. The molecule has 0 radical (unpaired) electrons. The van der Waals surface area contributed by atoms with Crippen molar-refractivity contribution in [2.24, 2.45) is 0 Å². The second-order valence-corrected chi connectivity index (χ2v) is 13.6. The average molecular weight is 653 g/mol. The van der Waals surface area contributed by atoms with E-state index in [9.17, 15) is 19.5 Å². The lowest BCUT2D eigenvalue weighted by Crippen LogP contribution is -2.56. The Morgan fingerprint density at radius 2 is 1.16 bits per heavy atom. The van der Waals surface area contributed by atoms with Crippen LogP contribution in [0.3, 0.4) is 0 Å². The molecule has 4 fully saturated rings. The molecule has 9 nitrogen and oxygen atoms in total. The van der Waals surface area contributed by atoms with Crippen LogP contribution in [-0.2, 0) is 19.0 Å². The second-order valence-electron chi connectivity index (χ2n) is 13.6. The number of aliphatic hydroxyl groups is 1. The summed E-state index contributed by atoms with van der Waals surface area (Å²) in [4.78, 5) is 39.0. The molecule has 3 aliphatic heterocycles. The lowest BCUT2D eigenvalue weighted by molar-refractivity contribution is -0.123. The first-order chi connectivity index (χ1) is 18.6. The van der Waals surface area contributed by atoms with Gasteiger partial charge in [-0.15, -0.1) is 0 Å². The predicted octanol–water partition coefficient (Wildman–Crippen LogP) is 7.10. The Kier molecular flexibility index (Phi) is 20.5. The normalized spacial score (nSPS) is 23.0. The Hall–Kier alpha value is -1.17. The number of rotatable bonds is 2. The molecule has 1 N–H and O–H groups in total. The first-order valence-corrected chi connectivity index (χ1v) is 15.4. The van der Waals surface area contributed by atoms with Crippen LogP contribution in [0, 0.1) is 0 Å². The molecule has 4 aliphatic rings. The molecule has 0 aromatic heterocycles. The summed E-state index contributed by atoms with van der Waals surface area (Å²) in [6.45, 7) is 16.0. The van der Waals surface area contributed by atoms with Gasteiger partial charge in [0.2, 0.25) is 0 Å². The van der Waals surface area contributed by atoms with E-state index in [1.54, 1.807) is 9.80 Å². The van der Waals surface area contributed by atoms with Crippen molar-refractivity contribution in [1.82, 2.24) is 9.80 Å². The molecular formula is C32H64N2O7S2. The summed E-state index contributed by atoms with van der Waals surface area (Å²) >= 11 is 0. The number of hydrogen-bond acceptors (Lipinski definition) is 7. The predicted molar refractivity (Wildman–Crippen MR) is 183 cm³/mol. The molecule has 0 bridgehead atoms. The van der Waals surface area contributed by atoms with Gasteiger partial charge in [0.15, 0.2) is 5.78 Å². The van der Waals surface area contributed by atoms with Crippen LogP contribution in [0.2, 0.25) is 0 Å². The molecular weight excluding hydrogens is 588 g/mol. The fourth-order valence-corrected chi connectivity index (χ4v) is 5.75. The number of piperidine rings is 2. The molecule has 0 aromatic carbocycles. The Balaban J connectivity index is 0. The van der Waals surface area contributed by atoms with Crippen LogP contribution >= 0.6 is 27.0 Å². The van der Waals surface area contributed by atoms with Gasteiger partial charge in [0.1, 0.15) is 11.2 Å². The number of carbonyl (C=O) groups excluding carboxylic acids is 3. The molecule has 1 saturated carbocycles. The molecule has 3 heterocycles. The van der Waals surface area contributed by atoms with Crippen molar-refractivity contribution in [1.29, 1.82) is 0 Å². The van der Waals surface area contributed by atoms with E-state index in [4.69, 9.17) is 14.2 Å². The maximum Gasteiger partial charge on any atom is 0.410 e. The minimum absolute atomic E-state index is 0. The third-order valence-electron chi connectivity index (χ3n) is 7.65. The van der Waals surface area contributed by atoms with Gasteiger partial charge in [-0.3, -0.25) is 9.69 Å². The third-order valence-corrected chi connectivity index (χ3v) is 7.65. The van der Waals surface area contributed by atoms with E-state index in [0.717, 1.165) is 77.4 Å². The molecule has 3 saturated heterocycles. The largest absolute Gasteiger partial charge is 0.444 e. The lowest BCUT2D eigenvalue weighted by Gasteiger charge is -2.44. The van der Waals surface area contributed by atoms with E-state index < -0.39 is 16.8 Å². The van der Waals surface area contributed by atoms with Crippen LogP contribution in [-0.4, -0.2) is 88.1 Å². The van der Waals surface area contributed by atoms with Gasteiger partial charge in [-0.05, 0) is 113 Å². The second kappa shape index (κ2) is 20.1. The maximum atomic E-state index is 12.3. The van der Waals surface area contributed by atoms with Crippen molar-refractivity contribution in [3.8, 4) is 0 Å². The Morgan fingerprint density at radius 1 is 0.721 bits per heavy atom. The van der Waals surface area contributed by atoms with E-state index in [1.807, 2.05) is 41.5 Å². The van der Waals surface area contributed by atoms with Gasteiger partial charge in [-0.2, -0.15) is 27.0 Å². The van der Waals surface area contributed by atoms with Crippen molar-refractivity contribution in [3.63, 3.8) is 0 Å². The van der Waals surface area contributed by atoms with E-state index in [2.05, 4.69) is 0 Å². The van der Waals surface area contributed by atoms with Gasteiger partial charge >= 0.3 is 12.2 Å². The number of likely N-dealkylation sites (tertiary alicyclic amines) is 2. The fraction of sp³-hybridized carbons (Fsp3) is 0.906. The number of amides is 2. The molecule has 256 valence electrons. The molecule has 2 amide bonds. The molecule has 0 spiro atoms. The Labute approximate surface area is 276 Å². The van der Waals surface area contributed by atoms with E-state index in [1.165, 1.54) is 19.8 Å². The van der Waals surface area contributed by atoms with Gasteiger partial charge in [-0.25, -0.2) is 9.59 Å². The quantitative estimate of drug-likeness (QED) is 0.339. The summed E-state index contributed by atoms with van der Waals surface area (Å²) in [5.74, 6) is 0.0468. The van der Waals surface area contributed by atoms with Gasteiger partial charge in [-0.1, -0.05) is 20.3 Å². The van der Waals surface area contributed by atoms with E-state index >= 15 is 0 Å². The number of Topliss-reactive ketones (excluding diaryl/α,β-unsaturated/α-hetero) is 1. The van der Waals surface area contributed by atoms with Crippen molar-refractivity contribution in [2.45, 2.75) is 162 Å². The molecule has 0 unspecified atom stereocenters. The summed E-state index contributed by atoms with van der Waals surface area (Å²) in [5.41, 5.74) is -1.66. The molecule has 1 aliphatic carbocycles. The van der Waals surface area contributed by atoms with Crippen LogP contribution < -0.4 is 0 Å². The van der Waals surface area contributed by atoms with Crippen molar-refractivity contribution in [3.05, 3.63) is 0 Å². The fourth-order valence-electron chi connectivity index (χ4n) is 5.75. The van der Waals surface area contributed by atoms with Gasteiger partial charge < -0.3 is 24.2 Å². The first-order valence-electron chi connectivity index (χ1n) is 15.4. The van der Waals surface area contributed by atoms with Gasteiger partial charge in [0, 0.05) is 26.3 Å². The zero-order valence-electron chi connectivity index (χ0n) is 27.3. The number of hydrogen-bond donors (Lipinski definition) is 1. The summed E-state index contributed by atoms with van der Waals surface area (Å²) < 4.78 is 15.7. The highest BCUT2D eigenvalue weighted by atomic mass is 32.1. The number of ketones is 1. The minimum Gasteiger partial charge on any atom is -0.444 e. The molecule has 11 heteroatoms. The summed E-state index contributed by atoms with van der Waals surface area (Å²) in [7, 11) is 0. The van der Waals surface area contributed by atoms with Crippen molar-refractivity contribution < 1.29 is 33.7 Å². The van der Waals surface area contributed by atoms with Crippen molar-refractivity contribution >= 4 is 45.0 Å². The van der Waals surface area contributed by atoms with Crippen LogP contribution in [0.5, 0.6) is 0 Å². The van der Waals surface area contributed by atoms with Crippen LogP contribution in [0.4, 0.5) is 9.59 Å². The topological polar surface area (TPSA) is 106 Å². The minimum atomic E-state index is -0.683. The lowest BCUT2D eigenvalue weighted by atomic mass is 9.85. The van der Waals surface area contributed by atoms with Gasteiger partial charge in [0.25, 0.3) is 0 Å². The SMILES string of the molecule is C.C1CCOC1.CC(=O)[C@@H]1CCCCN1C(=O)OC(C)(C)C.CC(C)(C)OC(=O)N1CCCC[C@H]1C1(O)CCCC1.S.S. The first kappa shape index (κ1) is 44.0. The molecule has 2 atom stereocenters. The summed E-state index contributed by atoms with van der Waals surface area (Å²) in [6, 6.07) is -0.345. The standard InChI is InChI=1S/C15H27NO3.C12H21NO3.C4H8O.CH4.2H2S/c1-14(2,3)19-13(17)16-11-7-4-8-12(16)15(18)9-5-6-10-15;1-9(14)10-7-5-6-8-13(10)11(15)16-12(2,3)4;1-2-4-5-3-1;;;/h12,18H,4-11H2,1-3H3;10H,5-8H2,1-4H3;1-4H2;1H4;2*1H2/t12-;10-;;;;/m00..../s1. The Bertz CT molecular complexity index is 812. The van der Waals surface area contributed by atoms with Crippen molar-refractivity contribution in [2.75, 3.05) is 26.3 Å². The zero-order valence-corrected chi connectivity index (χ0v) is 29.3. The average Bonchev–Trinajstić information content (AvgIpc) is 3.58. The highest BCUT2D eigenvalue weighted by molar-refractivity contribution is 7.59. The molecule has 0 aromatic rings. The zero-order chi connectivity index (χ0) is 30.0. The van der Waals surface area contributed by atoms with E-state index in [-0.39, 0.29) is 64.5 Å². The molecule has 4 rings (SSSR count).